The lowest BCUT2D eigenvalue weighted by Crippen LogP contribution is -2.33. The van der Waals surface area contributed by atoms with Crippen LogP contribution in [-0.4, -0.2) is 27.3 Å². The average Bonchev–Trinajstić information content (AvgIpc) is 3.23. The molecule has 30 heavy (non-hydrogen) atoms. The molecule has 1 aliphatic rings. The molecule has 0 bridgehead atoms. The first kappa shape index (κ1) is 20.9. The standard InChI is InChI=1S/C25H30N2O2S/c1-3-27(25-10-6-8-21-7-4-5-9-24(21)25)23-16-15-22(17-23)20-13-11-19(12-14-20)18-26-30(2,28)29/h4-14,22-23,26H,3,15-18H2,1-2H3. The van der Waals surface area contributed by atoms with E-state index in [0.29, 0.717) is 18.5 Å². The minimum atomic E-state index is -3.17. The molecule has 5 heteroatoms. The molecule has 4 rings (SSSR count). The van der Waals surface area contributed by atoms with E-state index in [9.17, 15) is 8.42 Å². The smallest absolute Gasteiger partial charge is 0.209 e. The largest absolute Gasteiger partial charge is 0.368 e. The van der Waals surface area contributed by atoms with E-state index in [4.69, 9.17) is 0 Å². The van der Waals surface area contributed by atoms with E-state index in [2.05, 4.69) is 71.1 Å². The van der Waals surface area contributed by atoms with Crippen molar-refractivity contribution in [2.75, 3.05) is 17.7 Å². The maximum absolute atomic E-state index is 11.3. The monoisotopic (exact) mass is 422 g/mol. The number of hydrogen-bond acceptors (Lipinski definition) is 3. The van der Waals surface area contributed by atoms with Crippen LogP contribution in [0.4, 0.5) is 5.69 Å². The summed E-state index contributed by atoms with van der Waals surface area (Å²) in [4.78, 5) is 2.58. The zero-order chi connectivity index (χ0) is 21.1. The molecule has 0 heterocycles. The summed E-state index contributed by atoms with van der Waals surface area (Å²) >= 11 is 0. The van der Waals surface area contributed by atoms with Gasteiger partial charge in [0.2, 0.25) is 10.0 Å². The zero-order valence-corrected chi connectivity index (χ0v) is 18.5. The highest BCUT2D eigenvalue weighted by Crippen LogP contribution is 2.40. The lowest BCUT2D eigenvalue weighted by molar-refractivity contribution is 0.587. The van der Waals surface area contributed by atoms with Crippen LogP contribution >= 0.6 is 0 Å². The van der Waals surface area contributed by atoms with Crippen molar-refractivity contribution < 1.29 is 8.42 Å². The van der Waals surface area contributed by atoms with Gasteiger partial charge in [-0.25, -0.2) is 13.1 Å². The molecule has 0 aliphatic heterocycles. The second-order valence-electron chi connectivity index (χ2n) is 8.28. The molecule has 2 unspecified atom stereocenters. The van der Waals surface area contributed by atoms with Gasteiger partial charge in [-0.2, -0.15) is 0 Å². The summed E-state index contributed by atoms with van der Waals surface area (Å²) in [6.07, 6.45) is 4.72. The van der Waals surface area contributed by atoms with Crippen LogP contribution in [0.3, 0.4) is 0 Å². The number of benzene rings is 3. The fraction of sp³-hybridized carbons (Fsp3) is 0.360. The Morgan fingerprint density at radius 3 is 2.43 bits per heavy atom. The molecule has 2 atom stereocenters. The Labute approximate surface area is 180 Å². The quantitative estimate of drug-likeness (QED) is 0.579. The van der Waals surface area contributed by atoms with Crippen molar-refractivity contribution in [1.82, 2.24) is 4.72 Å². The van der Waals surface area contributed by atoms with Gasteiger partial charge in [-0.1, -0.05) is 60.7 Å². The first-order chi connectivity index (χ1) is 14.4. The van der Waals surface area contributed by atoms with Crippen molar-refractivity contribution in [3.63, 3.8) is 0 Å². The van der Waals surface area contributed by atoms with E-state index in [-0.39, 0.29) is 0 Å². The predicted molar refractivity (Wildman–Crippen MR) is 125 cm³/mol. The van der Waals surface area contributed by atoms with E-state index in [1.807, 2.05) is 12.1 Å². The van der Waals surface area contributed by atoms with Crippen molar-refractivity contribution in [1.29, 1.82) is 0 Å². The third-order valence-corrected chi connectivity index (χ3v) is 6.92. The number of sulfonamides is 1. The van der Waals surface area contributed by atoms with Gasteiger partial charge in [0.1, 0.15) is 0 Å². The van der Waals surface area contributed by atoms with Crippen LogP contribution in [0.2, 0.25) is 0 Å². The fourth-order valence-electron chi connectivity index (χ4n) is 4.75. The lowest BCUT2D eigenvalue weighted by Gasteiger charge is -2.31. The Morgan fingerprint density at radius 1 is 0.967 bits per heavy atom. The lowest BCUT2D eigenvalue weighted by atomic mass is 9.96. The molecule has 158 valence electrons. The highest BCUT2D eigenvalue weighted by molar-refractivity contribution is 7.88. The first-order valence-corrected chi connectivity index (χ1v) is 12.6. The van der Waals surface area contributed by atoms with Crippen molar-refractivity contribution >= 4 is 26.5 Å². The third kappa shape index (κ3) is 4.68. The molecular weight excluding hydrogens is 392 g/mol. The summed E-state index contributed by atoms with van der Waals surface area (Å²) in [6, 6.07) is 24.2. The summed E-state index contributed by atoms with van der Waals surface area (Å²) in [5.41, 5.74) is 3.68. The summed E-state index contributed by atoms with van der Waals surface area (Å²) < 4.78 is 25.1. The van der Waals surface area contributed by atoms with Gasteiger partial charge < -0.3 is 4.90 Å². The Balaban J connectivity index is 1.48. The Hall–Kier alpha value is -2.37. The van der Waals surface area contributed by atoms with Crippen LogP contribution in [0.15, 0.2) is 66.7 Å². The van der Waals surface area contributed by atoms with Gasteiger partial charge in [0.05, 0.1) is 6.26 Å². The SMILES string of the molecule is CCN(c1cccc2ccccc12)C1CCC(c2ccc(CNS(C)(=O)=O)cc2)C1. The molecule has 0 saturated heterocycles. The van der Waals surface area contributed by atoms with Gasteiger partial charge in [-0.15, -0.1) is 0 Å². The number of nitrogens with one attached hydrogen (secondary N) is 1. The number of rotatable bonds is 7. The van der Waals surface area contributed by atoms with Crippen LogP contribution in [0, 0.1) is 0 Å². The highest BCUT2D eigenvalue weighted by atomic mass is 32.2. The first-order valence-electron chi connectivity index (χ1n) is 10.7. The maximum Gasteiger partial charge on any atom is 0.209 e. The molecule has 0 radical (unpaired) electrons. The van der Waals surface area contributed by atoms with Crippen molar-refractivity contribution in [3.8, 4) is 0 Å². The van der Waals surface area contributed by atoms with Gasteiger partial charge in [0, 0.05) is 30.2 Å². The predicted octanol–water partition coefficient (Wildman–Crippen LogP) is 5.05. The molecular formula is C25H30N2O2S. The summed E-state index contributed by atoms with van der Waals surface area (Å²) in [6.45, 7) is 3.59. The van der Waals surface area contributed by atoms with Crippen molar-refractivity contribution in [2.45, 2.75) is 44.7 Å². The summed E-state index contributed by atoms with van der Waals surface area (Å²) in [5.74, 6) is 0.552. The summed E-state index contributed by atoms with van der Waals surface area (Å²) in [5, 5.41) is 2.62. The topological polar surface area (TPSA) is 49.4 Å². The van der Waals surface area contributed by atoms with E-state index >= 15 is 0 Å². The van der Waals surface area contributed by atoms with Crippen LogP contribution in [-0.2, 0) is 16.6 Å². The number of anilines is 1. The molecule has 1 saturated carbocycles. The Bertz CT molecular complexity index is 1100. The minimum Gasteiger partial charge on any atom is -0.368 e. The molecule has 0 amide bonds. The van der Waals surface area contributed by atoms with Gasteiger partial charge in [-0.05, 0) is 54.7 Å². The molecule has 4 nitrogen and oxygen atoms in total. The molecule has 1 fully saturated rings. The van der Waals surface area contributed by atoms with Gasteiger partial charge in [0.15, 0.2) is 0 Å². The molecule has 1 aliphatic carbocycles. The van der Waals surface area contributed by atoms with Crippen molar-refractivity contribution in [2.24, 2.45) is 0 Å². The van der Waals surface area contributed by atoms with E-state index in [1.165, 1.54) is 41.1 Å². The number of hydrogen-bond donors (Lipinski definition) is 1. The Kier molecular flexibility index (Phi) is 6.11. The molecule has 1 N–H and O–H groups in total. The molecule has 0 spiro atoms. The summed E-state index contributed by atoms with van der Waals surface area (Å²) in [7, 11) is -3.17. The number of fused-ring (bicyclic) bond motifs is 1. The molecule has 3 aromatic carbocycles. The second kappa shape index (κ2) is 8.78. The Morgan fingerprint density at radius 2 is 1.70 bits per heavy atom. The zero-order valence-electron chi connectivity index (χ0n) is 17.7. The average molecular weight is 423 g/mol. The molecule has 3 aromatic rings. The molecule has 0 aromatic heterocycles. The fourth-order valence-corrected chi connectivity index (χ4v) is 5.18. The minimum absolute atomic E-state index is 0.344. The van der Waals surface area contributed by atoms with E-state index in [1.54, 1.807) is 0 Å². The van der Waals surface area contributed by atoms with Gasteiger partial charge in [-0.3, -0.25) is 0 Å². The van der Waals surface area contributed by atoms with Crippen LogP contribution in [0.1, 0.15) is 43.2 Å². The van der Waals surface area contributed by atoms with Gasteiger partial charge in [0.25, 0.3) is 0 Å². The number of nitrogens with zero attached hydrogens (tertiary/aromatic N) is 1. The second-order valence-corrected chi connectivity index (χ2v) is 10.1. The van der Waals surface area contributed by atoms with Crippen LogP contribution in [0.5, 0.6) is 0 Å². The van der Waals surface area contributed by atoms with Gasteiger partial charge >= 0.3 is 0 Å². The van der Waals surface area contributed by atoms with Crippen LogP contribution in [0.25, 0.3) is 10.8 Å². The highest BCUT2D eigenvalue weighted by Gasteiger charge is 2.30. The third-order valence-electron chi connectivity index (χ3n) is 6.25. The van der Waals surface area contributed by atoms with E-state index in [0.717, 1.165) is 18.5 Å². The van der Waals surface area contributed by atoms with Crippen LogP contribution < -0.4 is 9.62 Å². The normalized spacial score (nSPS) is 19.3. The van der Waals surface area contributed by atoms with Crippen molar-refractivity contribution in [3.05, 3.63) is 77.9 Å². The van der Waals surface area contributed by atoms with E-state index < -0.39 is 10.0 Å². The maximum atomic E-state index is 11.3.